The van der Waals surface area contributed by atoms with Gasteiger partial charge in [-0.25, -0.2) is 4.79 Å². The maximum atomic E-state index is 11.6. The summed E-state index contributed by atoms with van der Waals surface area (Å²) in [5, 5.41) is 11.2. The molecule has 0 bridgehead atoms. The van der Waals surface area contributed by atoms with E-state index < -0.39 is 18.1 Å². The Morgan fingerprint density at radius 2 is 2.31 bits per heavy atom. The number of ether oxygens (including phenoxy) is 1. The molecule has 1 aliphatic rings. The zero-order chi connectivity index (χ0) is 12.0. The van der Waals surface area contributed by atoms with Gasteiger partial charge in [0.05, 0.1) is 0 Å². The van der Waals surface area contributed by atoms with Gasteiger partial charge in [0.25, 0.3) is 0 Å². The van der Waals surface area contributed by atoms with Crippen LogP contribution in [0.1, 0.15) is 25.7 Å². The lowest BCUT2D eigenvalue weighted by atomic mass is 10.1. The van der Waals surface area contributed by atoms with Crippen molar-refractivity contribution in [3.63, 3.8) is 0 Å². The Morgan fingerprint density at radius 1 is 1.56 bits per heavy atom. The second kappa shape index (κ2) is 6.13. The number of carboxylic acid groups (broad SMARTS) is 1. The molecule has 16 heavy (non-hydrogen) atoms. The van der Waals surface area contributed by atoms with Gasteiger partial charge in [0, 0.05) is 13.0 Å². The highest BCUT2D eigenvalue weighted by atomic mass is 16.5. The van der Waals surface area contributed by atoms with Crippen molar-refractivity contribution in [3.8, 4) is 12.3 Å². The van der Waals surface area contributed by atoms with Crippen LogP contribution in [0, 0.1) is 12.3 Å². The minimum Gasteiger partial charge on any atom is -0.480 e. The average Bonchev–Trinajstić information content (AvgIpc) is 2.29. The second-order valence-corrected chi connectivity index (χ2v) is 3.66. The fraction of sp³-hybridized carbons (Fsp3) is 0.636. The molecule has 1 rings (SSSR count). The quantitative estimate of drug-likeness (QED) is 0.668. The lowest BCUT2D eigenvalue weighted by Gasteiger charge is -2.23. The zero-order valence-electron chi connectivity index (χ0n) is 8.94. The SMILES string of the molecule is C#CCC(NC(=O)C1CCCCO1)C(=O)O. The summed E-state index contributed by atoms with van der Waals surface area (Å²) in [6.07, 6.45) is 6.97. The highest BCUT2D eigenvalue weighted by Crippen LogP contribution is 2.12. The number of hydrogen-bond donors (Lipinski definition) is 2. The van der Waals surface area contributed by atoms with Crippen LogP contribution >= 0.6 is 0 Å². The highest BCUT2D eigenvalue weighted by Gasteiger charge is 2.26. The summed E-state index contributed by atoms with van der Waals surface area (Å²) in [7, 11) is 0. The molecular formula is C11H15NO4. The third kappa shape index (κ3) is 3.55. The zero-order valence-corrected chi connectivity index (χ0v) is 8.94. The van der Waals surface area contributed by atoms with Gasteiger partial charge in [-0.1, -0.05) is 0 Å². The normalized spacial score (nSPS) is 21.8. The van der Waals surface area contributed by atoms with Crippen LogP contribution in [0.3, 0.4) is 0 Å². The van der Waals surface area contributed by atoms with Gasteiger partial charge in [0.1, 0.15) is 12.1 Å². The molecule has 2 atom stereocenters. The van der Waals surface area contributed by atoms with Crippen molar-refractivity contribution in [1.82, 2.24) is 5.32 Å². The first-order valence-electron chi connectivity index (χ1n) is 5.23. The number of nitrogens with one attached hydrogen (secondary N) is 1. The number of hydrogen-bond acceptors (Lipinski definition) is 3. The van der Waals surface area contributed by atoms with Gasteiger partial charge in [-0.05, 0) is 19.3 Å². The number of carbonyl (C=O) groups excluding carboxylic acids is 1. The predicted octanol–water partition coefficient (Wildman–Crippen LogP) is 0.148. The summed E-state index contributed by atoms with van der Waals surface area (Å²) >= 11 is 0. The van der Waals surface area contributed by atoms with E-state index in [0.29, 0.717) is 13.0 Å². The van der Waals surface area contributed by atoms with Gasteiger partial charge in [-0.2, -0.15) is 0 Å². The summed E-state index contributed by atoms with van der Waals surface area (Å²) in [6, 6.07) is -1.02. The largest absolute Gasteiger partial charge is 0.480 e. The maximum absolute atomic E-state index is 11.6. The molecule has 2 unspecified atom stereocenters. The van der Waals surface area contributed by atoms with Crippen LogP contribution in [0.15, 0.2) is 0 Å². The number of amides is 1. The van der Waals surface area contributed by atoms with Gasteiger partial charge in [-0.15, -0.1) is 12.3 Å². The Labute approximate surface area is 94.2 Å². The molecule has 0 aromatic carbocycles. The van der Waals surface area contributed by atoms with E-state index >= 15 is 0 Å². The van der Waals surface area contributed by atoms with Crippen molar-refractivity contribution in [2.75, 3.05) is 6.61 Å². The first-order chi connectivity index (χ1) is 7.65. The van der Waals surface area contributed by atoms with Crippen LogP contribution < -0.4 is 5.32 Å². The molecule has 1 fully saturated rings. The molecule has 5 nitrogen and oxygen atoms in total. The second-order valence-electron chi connectivity index (χ2n) is 3.66. The summed E-state index contributed by atoms with van der Waals surface area (Å²) in [5.41, 5.74) is 0. The van der Waals surface area contributed by atoms with Crippen molar-refractivity contribution < 1.29 is 19.4 Å². The number of carbonyl (C=O) groups is 2. The average molecular weight is 225 g/mol. The Bertz CT molecular complexity index is 302. The van der Waals surface area contributed by atoms with Crippen LogP contribution in [-0.4, -0.2) is 35.7 Å². The third-order valence-electron chi connectivity index (χ3n) is 2.41. The summed E-state index contributed by atoms with van der Waals surface area (Å²) < 4.78 is 5.24. The lowest BCUT2D eigenvalue weighted by molar-refractivity contribution is -0.145. The molecule has 0 saturated carbocycles. The monoisotopic (exact) mass is 225 g/mol. The number of terminal acetylenes is 1. The molecule has 0 aromatic rings. The first kappa shape index (κ1) is 12.5. The topological polar surface area (TPSA) is 75.6 Å². The van der Waals surface area contributed by atoms with Crippen molar-refractivity contribution in [2.24, 2.45) is 0 Å². The lowest BCUT2D eigenvalue weighted by Crippen LogP contribution is -2.46. The third-order valence-corrected chi connectivity index (χ3v) is 2.41. The first-order valence-corrected chi connectivity index (χ1v) is 5.23. The molecule has 0 radical (unpaired) electrons. The molecule has 1 aliphatic heterocycles. The van der Waals surface area contributed by atoms with Crippen LogP contribution in [0.4, 0.5) is 0 Å². The van der Waals surface area contributed by atoms with E-state index in [0.717, 1.165) is 12.8 Å². The molecule has 5 heteroatoms. The molecular weight excluding hydrogens is 210 g/mol. The van der Waals surface area contributed by atoms with Crippen LogP contribution in [-0.2, 0) is 14.3 Å². The van der Waals surface area contributed by atoms with Gasteiger partial charge in [0.2, 0.25) is 5.91 Å². The molecule has 2 N–H and O–H groups in total. The van der Waals surface area contributed by atoms with Gasteiger partial charge in [0.15, 0.2) is 0 Å². The Morgan fingerprint density at radius 3 is 2.81 bits per heavy atom. The molecule has 0 spiro atoms. The van der Waals surface area contributed by atoms with E-state index in [1.54, 1.807) is 0 Å². The van der Waals surface area contributed by atoms with Crippen LogP contribution in [0.25, 0.3) is 0 Å². The molecule has 0 aromatic heterocycles. The Balaban J connectivity index is 2.47. The van der Waals surface area contributed by atoms with Gasteiger partial charge >= 0.3 is 5.97 Å². The Kier molecular flexibility index (Phi) is 4.80. The van der Waals surface area contributed by atoms with Crippen molar-refractivity contribution in [3.05, 3.63) is 0 Å². The van der Waals surface area contributed by atoms with Crippen molar-refractivity contribution in [2.45, 2.75) is 37.8 Å². The molecule has 88 valence electrons. The summed E-state index contributed by atoms with van der Waals surface area (Å²) in [6.45, 7) is 0.547. The maximum Gasteiger partial charge on any atom is 0.327 e. The number of aliphatic carboxylic acids is 1. The molecule has 1 heterocycles. The van der Waals surface area contributed by atoms with Gasteiger partial charge in [-0.3, -0.25) is 4.79 Å². The van der Waals surface area contributed by atoms with E-state index in [-0.39, 0.29) is 12.3 Å². The number of rotatable bonds is 4. The fourth-order valence-electron chi connectivity index (χ4n) is 1.53. The Hall–Kier alpha value is -1.54. The summed E-state index contributed by atoms with van der Waals surface area (Å²) in [4.78, 5) is 22.4. The molecule has 0 aliphatic carbocycles. The standard InChI is InChI=1S/C11H15NO4/c1-2-5-8(11(14)15)12-10(13)9-6-3-4-7-16-9/h1,8-9H,3-7H2,(H,12,13)(H,14,15). The molecule has 1 amide bonds. The highest BCUT2D eigenvalue weighted by molar-refractivity contribution is 5.86. The molecule has 1 saturated heterocycles. The van der Waals surface area contributed by atoms with E-state index in [4.69, 9.17) is 16.3 Å². The van der Waals surface area contributed by atoms with E-state index in [1.807, 2.05) is 0 Å². The van der Waals surface area contributed by atoms with E-state index in [2.05, 4.69) is 11.2 Å². The van der Waals surface area contributed by atoms with Crippen molar-refractivity contribution >= 4 is 11.9 Å². The van der Waals surface area contributed by atoms with E-state index in [1.165, 1.54) is 0 Å². The smallest absolute Gasteiger partial charge is 0.327 e. The van der Waals surface area contributed by atoms with Crippen LogP contribution in [0.5, 0.6) is 0 Å². The van der Waals surface area contributed by atoms with Crippen molar-refractivity contribution in [1.29, 1.82) is 0 Å². The minimum atomic E-state index is -1.12. The predicted molar refractivity (Wildman–Crippen MR) is 56.6 cm³/mol. The minimum absolute atomic E-state index is 0.0200. The summed E-state index contributed by atoms with van der Waals surface area (Å²) in [5.74, 6) is 0.711. The number of carboxylic acids is 1. The van der Waals surface area contributed by atoms with E-state index in [9.17, 15) is 9.59 Å². The van der Waals surface area contributed by atoms with Gasteiger partial charge < -0.3 is 15.2 Å². The fourth-order valence-corrected chi connectivity index (χ4v) is 1.53. The van der Waals surface area contributed by atoms with Crippen LogP contribution in [0.2, 0.25) is 0 Å².